The fraction of sp³-hybridized carbons (Fsp3) is 0.286. The van der Waals surface area contributed by atoms with Crippen molar-refractivity contribution >= 4 is 39.9 Å². The van der Waals surface area contributed by atoms with Gasteiger partial charge in [-0.25, -0.2) is 0 Å². The molecule has 0 N–H and O–H groups in total. The summed E-state index contributed by atoms with van der Waals surface area (Å²) in [7, 11) is 14.4. The van der Waals surface area contributed by atoms with Crippen LogP contribution in [0.3, 0.4) is 0 Å². The van der Waals surface area contributed by atoms with Crippen molar-refractivity contribution in [3.05, 3.63) is 48.8 Å². The Morgan fingerprint density at radius 1 is 0.864 bits per heavy atom. The average molecular weight is 468 g/mol. The number of halogens is 3. The zero-order valence-corrected chi connectivity index (χ0v) is 16.5. The second-order valence-electron chi connectivity index (χ2n) is 4.14. The van der Waals surface area contributed by atoms with Crippen molar-refractivity contribution in [3.63, 3.8) is 0 Å². The summed E-state index contributed by atoms with van der Waals surface area (Å²) in [6.07, 6.45) is 5.91. The summed E-state index contributed by atoms with van der Waals surface area (Å²) in [6, 6.07) is 11.6. The minimum atomic E-state index is -1.75. The molecule has 123 valence electrons. The van der Waals surface area contributed by atoms with Gasteiger partial charge in [-0.2, -0.15) is 0 Å². The number of nitrogens with zero attached hydrogens (tertiary/aromatic N) is 2. The zero-order valence-electron chi connectivity index (χ0n) is 11.6. The van der Waals surface area contributed by atoms with E-state index in [1.807, 2.05) is 36.4 Å². The van der Waals surface area contributed by atoms with Crippen LogP contribution in [0.5, 0.6) is 0 Å². The largest absolute Gasteiger partial charge is 0.255 e. The quantitative estimate of drug-likeness (QED) is 0.569. The molecule has 0 aliphatic carbocycles. The topological polar surface area (TPSA) is 42.9 Å². The van der Waals surface area contributed by atoms with Crippen molar-refractivity contribution in [1.29, 1.82) is 0 Å². The number of pyridine rings is 2. The van der Waals surface area contributed by atoms with Gasteiger partial charge in [0.2, 0.25) is 0 Å². The van der Waals surface area contributed by atoms with Gasteiger partial charge in [0.15, 0.2) is 0 Å². The van der Waals surface area contributed by atoms with Gasteiger partial charge < -0.3 is 0 Å². The van der Waals surface area contributed by atoms with E-state index >= 15 is 0 Å². The maximum absolute atomic E-state index is 10.4. The molecule has 2 aromatic rings. The van der Waals surface area contributed by atoms with Gasteiger partial charge in [0, 0.05) is 34.7 Å². The molecule has 0 spiro atoms. The molecule has 3 heterocycles. The average Bonchev–Trinajstić information content (AvgIpc) is 3.00. The van der Waals surface area contributed by atoms with Crippen LogP contribution < -0.4 is 0 Å². The number of hydrogen-bond acceptors (Lipinski definition) is 3. The summed E-state index contributed by atoms with van der Waals surface area (Å²) in [5.41, 5.74) is 1.83. The molecule has 1 saturated heterocycles. The summed E-state index contributed by atoms with van der Waals surface area (Å²) < 4.78 is 10.4. The van der Waals surface area contributed by atoms with Crippen LogP contribution in [-0.2, 0) is 23.8 Å². The Bertz CT molecular complexity index is 498. The van der Waals surface area contributed by atoms with Gasteiger partial charge in [-0.3, -0.25) is 14.2 Å². The zero-order chi connectivity index (χ0) is 16.2. The minimum Gasteiger partial charge on any atom is -0.255 e. The van der Waals surface area contributed by atoms with Crippen LogP contribution in [0.25, 0.3) is 11.4 Å². The Kier molecular flexibility index (Phi) is 11.2. The Hall–Kier alpha value is -0.0566. The van der Waals surface area contributed by atoms with Crippen LogP contribution in [0.1, 0.15) is 12.8 Å². The van der Waals surface area contributed by atoms with Crippen LogP contribution in [0, 0.1) is 0 Å². The molecule has 1 aliphatic heterocycles. The molecule has 3 rings (SSSR count). The van der Waals surface area contributed by atoms with Gasteiger partial charge in [-0.05, 0) is 37.1 Å². The molecule has 0 aromatic carbocycles. The normalized spacial score (nSPS) is 14.2. The second kappa shape index (κ2) is 12.4. The monoisotopic (exact) mass is 467 g/mol. The third-order valence-corrected chi connectivity index (χ3v) is 4.07. The predicted molar refractivity (Wildman–Crippen MR) is 92.1 cm³/mol. The second-order valence-corrected chi connectivity index (χ2v) is 13.7. The molecule has 0 saturated carbocycles. The summed E-state index contributed by atoms with van der Waals surface area (Å²) in [5, 5.41) is 0. The van der Waals surface area contributed by atoms with Gasteiger partial charge in [-0.1, -0.05) is 12.1 Å². The maximum Gasteiger partial charge on any atom is 0.0886 e. The van der Waals surface area contributed by atoms with Gasteiger partial charge in [-0.15, -0.1) is 0 Å². The summed E-state index contributed by atoms with van der Waals surface area (Å²) in [5.74, 6) is 1.92. The smallest absolute Gasteiger partial charge is 0.0886 e. The Morgan fingerprint density at radius 3 is 1.50 bits per heavy atom. The molecule has 2 aromatic heterocycles. The summed E-state index contributed by atoms with van der Waals surface area (Å²) in [6.45, 7) is 0. The van der Waals surface area contributed by atoms with E-state index in [9.17, 15) is 4.21 Å². The Balaban J connectivity index is 0.000000203. The van der Waals surface area contributed by atoms with Crippen molar-refractivity contribution < 1.29 is 17.2 Å². The van der Waals surface area contributed by atoms with Crippen LogP contribution in [0.15, 0.2) is 48.8 Å². The van der Waals surface area contributed by atoms with E-state index in [1.165, 1.54) is 12.8 Å². The van der Waals surface area contributed by atoms with E-state index in [-0.39, 0.29) is 0 Å². The van der Waals surface area contributed by atoms with Crippen LogP contribution >= 0.6 is 29.1 Å². The molecule has 8 heteroatoms. The first-order chi connectivity index (χ1) is 10.6. The molecule has 0 bridgehead atoms. The molecule has 3 nitrogen and oxygen atoms in total. The third kappa shape index (κ3) is 9.86. The first kappa shape index (κ1) is 20.0. The first-order valence-electron chi connectivity index (χ1n) is 6.44. The maximum atomic E-state index is 10.4. The van der Waals surface area contributed by atoms with E-state index < -0.39 is 23.8 Å². The van der Waals surface area contributed by atoms with Crippen LogP contribution in [0.4, 0.5) is 0 Å². The number of aromatic nitrogens is 2. The SMILES string of the molecule is O=S1CCCC1.[Cl][Ru]([Cl])[Cl].c1ccc(-c2ccccn2)nc1. The van der Waals surface area contributed by atoms with Crippen LogP contribution in [0.2, 0.25) is 0 Å². The van der Waals surface area contributed by atoms with Gasteiger partial charge in [0.1, 0.15) is 0 Å². The van der Waals surface area contributed by atoms with Gasteiger partial charge in [0.05, 0.1) is 11.4 Å². The van der Waals surface area contributed by atoms with Crippen molar-refractivity contribution in [3.8, 4) is 11.4 Å². The van der Waals surface area contributed by atoms with Crippen molar-refractivity contribution in [2.75, 3.05) is 11.5 Å². The standard InChI is InChI=1S/C10H8N2.C4H8OS.3ClH.Ru/c1-3-7-11-9(5-1)10-6-2-4-8-12-10;5-6-3-1-2-4-6;;;;/h1-8H;1-4H2;3*1H;/q;;;;;+3/p-3. The van der Waals surface area contributed by atoms with E-state index in [2.05, 4.69) is 9.97 Å². The molecular formula is C14H16Cl3N2ORuS. The number of rotatable bonds is 1. The molecule has 22 heavy (non-hydrogen) atoms. The van der Waals surface area contributed by atoms with E-state index in [0.717, 1.165) is 22.9 Å². The third-order valence-electron chi connectivity index (χ3n) is 2.59. The summed E-state index contributed by atoms with van der Waals surface area (Å²) in [4.78, 5) is 8.37. The van der Waals surface area contributed by atoms with E-state index in [0.29, 0.717) is 0 Å². The van der Waals surface area contributed by atoms with Crippen molar-refractivity contribution in [2.45, 2.75) is 12.8 Å². The fourth-order valence-electron chi connectivity index (χ4n) is 1.66. The predicted octanol–water partition coefficient (Wildman–Crippen LogP) is 4.74. The van der Waals surface area contributed by atoms with Gasteiger partial charge in [0.25, 0.3) is 0 Å². The Labute approximate surface area is 150 Å². The van der Waals surface area contributed by atoms with Crippen LogP contribution in [-0.4, -0.2) is 25.7 Å². The first-order valence-corrected chi connectivity index (χ1v) is 14.6. The van der Waals surface area contributed by atoms with Crippen molar-refractivity contribution in [2.24, 2.45) is 0 Å². The minimum absolute atomic E-state index is 0.423. The molecule has 1 aliphatic rings. The molecule has 0 radical (unpaired) electrons. The molecular weight excluding hydrogens is 452 g/mol. The van der Waals surface area contributed by atoms with Crippen molar-refractivity contribution in [1.82, 2.24) is 9.97 Å². The van der Waals surface area contributed by atoms with E-state index in [4.69, 9.17) is 29.1 Å². The molecule has 0 amide bonds. The molecule has 0 atom stereocenters. The number of hydrogen-bond donors (Lipinski definition) is 0. The molecule has 1 fully saturated rings. The van der Waals surface area contributed by atoms with Gasteiger partial charge >= 0.3 is 42.1 Å². The Morgan fingerprint density at radius 2 is 1.27 bits per heavy atom. The molecule has 0 unspecified atom stereocenters. The fourth-order valence-corrected chi connectivity index (χ4v) is 2.91. The van der Waals surface area contributed by atoms with E-state index in [1.54, 1.807) is 12.4 Å². The summed E-state index contributed by atoms with van der Waals surface area (Å²) >= 11 is -1.75.